The van der Waals surface area contributed by atoms with Crippen LogP contribution in [-0.4, -0.2) is 58.7 Å². The molecule has 0 spiro atoms. The van der Waals surface area contributed by atoms with Crippen molar-refractivity contribution in [2.45, 2.75) is 110 Å². The van der Waals surface area contributed by atoms with Crippen LogP contribution in [0.2, 0.25) is 0 Å². The standard InChI is InChI=1S/C32H43N3O6/c1-8-20-17-24(34-31(7)13-14-31)19(3)33-23-12-10-11-21(26(20)23)25(36)18-22(28(38)40-9-2)27(37)32(15-16-32)35-29(39)41-30(4,5)6/h10-12,17,19,22,33H,8-9,13-16,18H2,1-7H3,(H,35,39). The van der Waals surface area contributed by atoms with E-state index in [-0.39, 0.29) is 30.4 Å². The number of fused-ring (bicyclic) bond motifs is 1. The maximum Gasteiger partial charge on any atom is 0.408 e. The number of alkyl carbamates (subject to hydrolysis) is 1. The Morgan fingerprint density at radius 3 is 2.37 bits per heavy atom. The predicted molar refractivity (Wildman–Crippen MR) is 158 cm³/mol. The number of Topliss-reactive ketones (excluding diaryl/α,β-unsaturated/α-hetero) is 2. The fourth-order valence-corrected chi connectivity index (χ4v) is 5.16. The van der Waals surface area contributed by atoms with Crippen molar-refractivity contribution in [1.29, 1.82) is 0 Å². The zero-order valence-corrected chi connectivity index (χ0v) is 25.3. The maximum absolute atomic E-state index is 13.9. The normalized spacial score (nSPS) is 21.8. The molecule has 4 rings (SSSR count). The van der Waals surface area contributed by atoms with Crippen molar-refractivity contribution in [3.05, 3.63) is 35.4 Å². The molecule has 1 amide bonds. The second-order valence-corrected chi connectivity index (χ2v) is 12.7. The number of ketones is 2. The number of anilines is 1. The first kappa shape index (κ1) is 30.5. The van der Waals surface area contributed by atoms with E-state index in [1.807, 2.05) is 13.0 Å². The maximum atomic E-state index is 13.9. The fraction of sp³-hybridized carbons (Fsp3) is 0.594. The van der Waals surface area contributed by atoms with Crippen LogP contribution in [0.4, 0.5) is 10.5 Å². The minimum atomic E-state index is -1.35. The average molecular weight is 566 g/mol. The van der Waals surface area contributed by atoms with E-state index >= 15 is 0 Å². The SMILES string of the molecule is CCOC(=O)C(CC(=O)c1cccc2c1C(CC)=CC(=NC1(C)CC1)C(C)N2)C(=O)C1(NC(=O)OC(C)(C)C)CC1. The molecule has 41 heavy (non-hydrogen) atoms. The second kappa shape index (κ2) is 11.4. The van der Waals surface area contributed by atoms with Crippen molar-refractivity contribution < 1.29 is 28.7 Å². The molecule has 2 atom stereocenters. The lowest BCUT2D eigenvalue weighted by Crippen LogP contribution is -2.49. The minimum absolute atomic E-state index is 0.0326. The lowest BCUT2D eigenvalue weighted by atomic mass is 9.86. The number of hydrogen-bond acceptors (Lipinski definition) is 8. The van der Waals surface area contributed by atoms with E-state index in [0.29, 0.717) is 24.8 Å². The molecule has 1 aromatic rings. The quantitative estimate of drug-likeness (QED) is 0.213. The Hall–Kier alpha value is -3.49. The van der Waals surface area contributed by atoms with Gasteiger partial charge in [0.05, 0.1) is 23.9 Å². The van der Waals surface area contributed by atoms with Gasteiger partial charge in [0.15, 0.2) is 11.6 Å². The van der Waals surface area contributed by atoms with Gasteiger partial charge in [-0.05, 0) is 91.4 Å². The van der Waals surface area contributed by atoms with Crippen LogP contribution in [0.3, 0.4) is 0 Å². The van der Waals surface area contributed by atoms with Crippen LogP contribution >= 0.6 is 0 Å². The molecule has 2 saturated carbocycles. The van der Waals surface area contributed by atoms with Gasteiger partial charge < -0.3 is 20.1 Å². The minimum Gasteiger partial charge on any atom is -0.465 e. The molecular weight excluding hydrogens is 522 g/mol. The summed E-state index contributed by atoms with van der Waals surface area (Å²) >= 11 is 0. The van der Waals surface area contributed by atoms with E-state index in [1.165, 1.54) is 0 Å². The topological polar surface area (TPSA) is 123 Å². The number of ether oxygens (including phenoxy) is 2. The molecule has 9 nitrogen and oxygen atoms in total. The predicted octanol–water partition coefficient (Wildman–Crippen LogP) is 5.67. The van der Waals surface area contributed by atoms with Crippen LogP contribution in [0.5, 0.6) is 0 Å². The molecule has 222 valence electrons. The highest BCUT2D eigenvalue weighted by Crippen LogP contribution is 2.42. The highest BCUT2D eigenvalue weighted by Gasteiger charge is 2.55. The molecule has 2 unspecified atom stereocenters. The monoisotopic (exact) mass is 565 g/mol. The highest BCUT2D eigenvalue weighted by atomic mass is 16.6. The molecule has 1 aromatic carbocycles. The van der Waals surface area contributed by atoms with E-state index in [0.717, 1.165) is 35.4 Å². The number of carbonyl (C=O) groups excluding carboxylic acids is 4. The van der Waals surface area contributed by atoms with Gasteiger partial charge >= 0.3 is 12.1 Å². The number of aliphatic imine (C=N–C) groups is 1. The Balaban J connectivity index is 1.64. The van der Waals surface area contributed by atoms with E-state index in [1.54, 1.807) is 39.8 Å². The molecule has 1 heterocycles. The third kappa shape index (κ3) is 7.05. The molecule has 0 bridgehead atoms. The third-order valence-electron chi connectivity index (χ3n) is 7.82. The molecule has 0 saturated heterocycles. The van der Waals surface area contributed by atoms with Crippen LogP contribution in [-0.2, 0) is 19.1 Å². The molecule has 2 N–H and O–H groups in total. The van der Waals surface area contributed by atoms with Crippen molar-refractivity contribution >= 4 is 40.6 Å². The number of rotatable bonds is 10. The van der Waals surface area contributed by atoms with Crippen molar-refractivity contribution in [3.63, 3.8) is 0 Å². The van der Waals surface area contributed by atoms with Gasteiger partial charge in [0.25, 0.3) is 0 Å². The van der Waals surface area contributed by atoms with Gasteiger partial charge in [-0.25, -0.2) is 4.79 Å². The Kier molecular flexibility index (Phi) is 8.48. The summed E-state index contributed by atoms with van der Waals surface area (Å²) in [5.74, 6) is -2.99. The summed E-state index contributed by atoms with van der Waals surface area (Å²) < 4.78 is 10.6. The smallest absolute Gasteiger partial charge is 0.408 e. The Morgan fingerprint density at radius 2 is 1.80 bits per heavy atom. The molecule has 0 radical (unpaired) electrons. The summed E-state index contributed by atoms with van der Waals surface area (Å²) in [7, 11) is 0. The first-order valence-electron chi connectivity index (χ1n) is 14.7. The summed E-state index contributed by atoms with van der Waals surface area (Å²) in [5, 5.41) is 6.18. The fourth-order valence-electron chi connectivity index (χ4n) is 5.16. The summed E-state index contributed by atoms with van der Waals surface area (Å²) in [4.78, 5) is 58.2. The number of carbonyl (C=O) groups is 4. The summed E-state index contributed by atoms with van der Waals surface area (Å²) in [5.41, 5.74) is 1.89. The van der Waals surface area contributed by atoms with Gasteiger partial charge in [0.2, 0.25) is 0 Å². The Bertz CT molecular complexity index is 1300. The largest absolute Gasteiger partial charge is 0.465 e. The number of nitrogens with one attached hydrogen (secondary N) is 2. The van der Waals surface area contributed by atoms with E-state index in [4.69, 9.17) is 14.5 Å². The van der Waals surface area contributed by atoms with Gasteiger partial charge in [-0.2, -0.15) is 0 Å². The number of hydrogen-bond donors (Lipinski definition) is 2. The van der Waals surface area contributed by atoms with Gasteiger partial charge in [0, 0.05) is 23.2 Å². The molecule has 9 heteroatoms. The number of nitrogens with zero attached hydrogens (tertiary/aromatic N) is 1. The van der Waals surface area contributed by atoms with Crippen molar-refractivity contribution in [2.75, 3.05) is 11.9 Å². The molecule has 1 aliphatic heterocycles. The highest BCUT2D eigenvalue weighted by molar-refractivity contribution is 6.14. The molecule has 2 aliphatic carbocycles. The Labute approximate surface area is 242 Å². The van der Waals surface area contributed by atoms with Gasteiger partial charge in [-0.1, -0.05) is 19.1 Å². The number of benzene rings is 1. The van der Waals surface area contributed by atoms with E-state index < -0.39 is 34.9 Å². The average Bonchev–Trinajstić information content (AvgIpc) is 3.81. The van der Waals surface area contributed by atoms with Crippen molar-refractivity contribution in [1.82, 2.24) is 5.32 Å². The van der Waals surface area contributed by atoms with E-state index in [2.05, 4.69) is 30.6 Å². The summed E-state index contributed by atoms with van der Waals surface area (Å²) in [6.45, 7) is 13.1. The van der Waals surface area contributed by atoms with Crippen molar-refractivity contribution in [3.8, 4) is 0 Å². The number of allylic oxidation sites excluding steroid dienone is 1. The first-order chi connectivity index (χ1) is 19.2. The molecule has 2 fully saturated rings. The number of amides is 1. The zero-order valence-electron chi connectivity index (χ0n) is 25.3. The van der Waals surface area contributed by atoms with Crippen LogP contribution in [0.1, 0.15) is 103 Å². The Morgan fingerprint density at radius 1 is 1.12 bits per heavy atom. The van der Waals surface area contributed by atoms with Crippen LogP contribution in [0.25, 0.3) is 5.57 Å². The second-order valence-electron chi connectivity index (χ2n) is 12.7. The summed E-state index contributed by atoms with van der Waals surface area (Å²) in [6, 6.07) is 5.42. The van der Waals surface area contributed by atoms with E-state index in [9.17, 15) is 19.2 Å². The lowest BCUT2D eigenvalue weighted by molar-refractivity contribution is -0.152. The zero-order chi connectivity index (χ0) is 30.2. The first-order valence-corrected chi connectivity index (χ1v) is 14.7. The van der Waals surface area contributed by atoms with Gasteiger partial charge in [0.1, 0.15) is 17.1 Å². The third-order valence-corrected chi connectivity index (χ3v) is 7.82. The van der Waals surface area contributed by atoms with Gasteiger partial charge in [-0.3, -0.25) is 19.4 Å². The van der Waals surface area contributed by atoms with Gasteiger partial charge in [-0.15, -0.1) is 0 Å². The molecular formula is C32H43N3O6. The molecule has 0 aromatic heterocycles. The summed E-state index contributed by atoms with van der Waals surface area (Å²) in [6.07, 6.45) is 4.49. The lowest BCUT2D eigenvalue weighted by Gasteiger charge is -2.25. The number of esters is 1. The molecule has 3 aliphatic rings. The van der Waals surface area contributed by atoms with Crippen LogP contribution in [0, 0.1) is 5.92 Å². The van der Waals surface area contributed by atoms with Crippen LogP contribution < -0.4 is 10.6 Å². The van der Waals surface area contributed by atoms with Crippen molar-refractivity contribution in [2.24, 2.45) is 10.9 Å². The van der Waals surface area contributed by atoms with Crippen LogP contribution in [0.15, 0.2) is 29.3 Å².